The van der Waals surface area contributed by atoms with Crippen LogP contribution in [0.15, 0.2) is 99.7 Å². The van der Waals surface area contributed by atoms with Crippen molar-refractivity contribution in [3.63, 3.8) is 0 Å². The predicted octanol–water partition coefficient (Wildman–Crippen LogP) is 5.33. The maximum atomic E-state index is 12.4. The Balaban J connectivity index is 1.49. The number of carbonyl (C=O) groups excluding carboxylic acids is 1. The van der Waals surface area contributed by atoms with E-state index < -0.39 is 0 Å². The van der Waals surface area contributed by atoms with Gasteiger partial charge >= 0.3 is 0 Å². The Bertz CT molecular complexity index is 1220. The number of amides is 1. The first-order valence-electron chi connectivity index (χ1n) is 9.90. The normalized spacial score (nSPS) is 11.4. The summed E-state index contributed by atoms with van der Waals surface area (Å²) in [4.78, 5) is 12.4. The van der Waals surface area contributed by atoms with Crippen LogP contribution in [0, 0.1) is 0 Å². The van der Waals surface area contributed by atoms with Crippen molar-refractivity contribution in [1.82, 2.24) is 20.2 Å². The first-order valence-corrected chi connectivity index (χ1v) is 11.7. The van der Waals surface area contributed by atoms with Crippen LogP contribution in [0.1, 0.15) is 12.5 Å². The summed E-state index contributed by atoms with van der Waals surface area (Å²) in [7, 11) is 0. The van der Waals surface area contributed by atoms with Gasteiger partial charge < -0.3 is 0 Å². The van der Waals surface area contributed by atoms with Crippen LogP contribution in [-0.2, 0) is 4.79 Å². The highest BCUT2D eigenvalue weighted by Crippen LogP contribution is 2.27. The molecule has 1 amide bonds. The lowest BCUT2D eigenvalue weighted by Crippen LogP contribution is -2.21. The average Bonchev–Trinajstić information content (AvgIpc) is 3.27. The van der Waals surface area contributed by atoms with Crippen LogP contribution in [0.4, 0.5) is 0 Å². The maximum Gasteiger partial charge on any atom is 0.250 e. The lowest BCUT2D eigenvalue weighted by Gasteiger charge is -2.10. The summed E-state index contributed by atoms with van der Waals surface area (Å²) in [6.45, 7) is 1.86. The molecule has 4 aromatic rings. The lowest BCUT2D eigenvalue weighted by molar-refractivity contribution is -0.118. The minimum absolute atomic E-state index is 0.164. The molecule has 32 heavy (non-hydrogen) atoms. The first kappa shape index (κ1) is 22.0. The van der Waals surface area contributed by atoms with Gasteiger partial charge in [0.15, 0.2) is 11.0 Å². The second-order valence-corrected chi connectivity index (χ2v) is 8.73. The highest BCUT2D eigenvalue weighted by atomic mass is 79.9. The molecule has 0 aliphatic carbocycles. The molecule has 160 valence electrons. The van der Waals surface area contributed by atoms with E-state index in [9.17, 15) is 4.79 Å². The minimum atomic E-state index is -0.213. The fraction of sp³-hybridized carbons (Fsp3) is 0.0833. The Morgan fingerprint density at radius 3 is 2.31 bits per heavy atom. The van der Waals surface area contributed by atoms with E-state index in [1.54, 1.807) is 0 Å². The third-order valence-electron chi connectivity index (χ3n) is 4.62. The maximum absolute atomic E-state index is 12.4. The van der Waals surface area contributed by atoms with Crippen LogP contribution in [0.5, 0.6) is 0 Å². The van der Waals surface area contributed by atoms with Crippen LogP contribution < -0.4 is 5.43 Å². The zero-order valence-corrected chi connectivity index (χ0v) is 19.7. The fourth-order valence-electron chi connectivity index (χ4n) is 3.01. The van der Waals surface area contributed by atoms with E-state index in [0.29, 0.717) is 5.16 Å². The molecule has 0 aliphatic heterocycles. The summed E-state index contributed by atoms with van der Waals surface area (Å²) in [5, 5.41) is 13.6. The van der Waals surface area contributed by atoms with Crippen molar-refractivity contribution in [2.45, 2.75) is 12.1 Å². The Kier molecular flexibility index (Phi) is 7.14. The monoisotopic (exact) mass is 505 g/mol. The molecule has 8 heteroatoms. The summed E-state index contributed by atoms with van der Waals surface area (Å²) in [5.74, 6) is 0.677. The number of halogens is 1. The van der Waals surface area contributed by atoms with Crippen LogP contribution in [0.3, 0.4) is 0 Å². The lowest BCUT2D eigenvalue weighted by atomic mass is 10.1. The quantitative estimate of drug-likeness (QED) is 0.209. The molecule has 0 bridgehead atoms. The number of hydrogen-bond acceptors (Lipinski definition) is 5. The number of hydrazone groups is 1. The molecule has 0 aliphatic rings. The SMILES string of the molecule is C/C(=N\NC(=O)CSc1nnc(-c2ccccc2)n1-c1ccccc1)c1ccc(Br)cc1. The van der Waals surface area contributed by atoms with Gasteiger partial charge in [-0.25, -0.2) is 5.43 Å². The third-order valence-corrected chi connectivity index (χ3v) is 6.08. The molecular weight excluding hydrogens is 486 g/mol. The van der Waals surface area contributed by atoms with Gasteiger partial charge in [-0.2, -0.15) is 5.10 Å². The van der Waals surface area contributed by atoms with Gasteiger partial charge in [-0.15, -0.1) is 10.2 Å². The highest BCUT2D eigenvalue weighted by Gasteiger charge is 2.17. The second kappa shape index (κ2) is 10.4. The van der Waals surface area contributed by atoms with Crippen molar-refractivity contribution < 1.29 is 4.79 Å². The Labute approximate surface area is 198 Å². The highest BCUT2D eigenvalue weighted by molar-refractivity contribution is 9.10. The molecule has 1 heterocycles. The van der Waals surface area contributed by atoms with E-state index in [2.05, 4.69) is 36.7 Å². The topological polar surface area (TPSA) is 72.2 Å². The van der Waals surface area contributed by atoms with Crippen molar-refractivity contribution in [3.05, 3.63) is 95.0 Å². The molecule has 0 saturated heterocycles. The van der Waals surface area contributed by atoms with Crippen molar-refractivity contribution in [2.75, 3.05) is 5.75 Å². The molecule has 0 saturated carbocycles. The van der Waals surface area contributed by atoms with Gasteiger partial charge in [0, 0.05) is 15.7 Å². The van der Waals surface area contributed by atoms with Gasteiger partial charge in [-0.05, 0) is 36.8 Å². The Morgan fingerprint density at radius 1 is 0.969 bits per heavy atom. The van der Waals surface area contributed by atoms with Crippen LogP contribution in [-0.4, -0.2) is 32.1 Å². The van der Waals surface area contributed by atoms with E-state index in [4.69, 9.17) is 0 Å². The summed E-state index contributed by atoms with van der Waals surface area (Å²) >= 11 is 4.73. The zero-order valence-electron chi connectivity index (χ0n) is 17.3. The number of nitrogens with zero attached hydrogens (tertiary/aromatic N) is 4. The van der Waals surface area contributed by atoms with Crippen LogP contribution in [0.2, 0.25) is 0 Å². The molecule has 1 aromatic heterocycles. The predicted molar refractivity (Wildman–Crippen MR) is 132 cm³/mol. The van der Waals surface area contributed by atoms with E-state index in [0.717, 1.165) is 32.8 Å². The Hall–Kier alpha value is -3.23. The van der Waals surface area contributed by atoms with E-state index in [1.807, 2.05) is 96.4 Å². The van der Waals surface area contributed by atoms with E-state index in [-0.39, 0.29) is 11.7 Å². The number of thioether (sulfide) groups is 1. The molecule has 3 aromatic carbocycles. The first-order chi connectivity index (χ1) is 15.6. The molecule has 0 spiro atoms. The number of benzene rings is 3. The van der Waals surface area contributed by atoms with Gasteiger partial charge in [0.25, 0.3) is 5.91 Å². The molecular formula is C24H20BrN5OS. The number of para-hydroxylation sites is 1. The number of rotatable bonds is 7. The van der Waals surface area contributed by atoms with Crippen molar-refractivity contribution in [1.29, 1.82) is 0 Å². The van der Waals surface area contributed by atoms with Crippen LogP contribution >= 0.6 is 27.7 Å². The average molecular weight is 506 g/mol. The van der Waals surface area contributed by atoms with Crippen LogP contribution in [0.25, 0.3) is 17.1 Å². The van der Waals surface area contributed by atoms with E-state index in [1.165, 1.54) is 11.8 Å². The van der Waals surface area contributed by atoms with E-state index >= 15 is 0 Å². The third kappa shape index (κ3) is 5.33. The molecule has 0 atom stereocenters. The van der Waals surface area contributed by atoms with Gasteiger partial charge in [-0.3, -0.25) is 9.36 Å². The van der Waals surface area contributed by atoms with Crippen molar-refractivity contribution >= 4 is 39.3 Å². The van der Waals surface area contributed by atoms with Crippen molar-refractivity contribution in [3.8, 4) is 17.1 Å². The summed E-state index contributed by atoms with van der Waals surface area (Å²) in [6, 6.07) is 27.5. The molecule has 0 fully saturated rings. The summed E-state index contributed by atoms with van der Waals surface area (Å²) in [6.07, 6.45) is 0. The smallest absolute Gasteiger partial charge is 0.250 e. The number of nitrogens with one attached hydrogen (secondary N) is 1. The summed E-state index contributed by atoms with van der Waals surface area (Å²) in [5.41, 5.74) is 6.18. The standard InChI is InChI=1S/C24H20BrN5OS/c1-17(18-12-14-20(25)15-13-18)26-27-22(31)16-32-24-29-28-23(19-8-4-2-5-9-19)30(24)21-10-6-3-7-11-21/h2-15H,16H2,1H3,(H,27,31)/b26-17+. The number of aromatic nitrogens is 3. The minimum Gasteiger partial charge on any atom is -0.272 e. The van der Waals surface area contributed by atoms with Gasteiger partial charge in [0.2, 0.25) is 0 Å². The van der Waals surface area contributed by atoms with Gasteiger partial charge in [0.05, 0.1) is 11.5 Å². The number of carbonyl (C=O) groups is 1. The molecule has 6 nitrogen and oxygen atoms in total. The largest absolute Gasteiger partial charge is 0.272 e. The Morgan fingerprint density at radius 2 is 1.62 bits per heavy atom. The fourth-order valence-corrected chi connectivity index (χ4v) is 4.02. The molecule has 0 unspecified atom stereocenters. The van der Waals surface area contributed by atoms with Gasteiger partial charge in [-0.1, -0.05) is 88.4 Å². The van der Waals surface area contributed by atoms with Gasteiger partial charge in [0.1, 0.15) is 0 Å². The number of hydrogen-bond donors (Lipinski definition) is 1. The van der Waals surface area contributed by atoms with Crippen molar-refractivity contribution in [2.24, 2.45) is 5.10 Å². The molecule has 4 rings (SSSR count). The zero-order chi connectivity index (χ0) is 22.3. The summed E-state index contributed by atoms with van der Waals surface area (Å²) < 4.78 is 2.95. The second-order valence-electron chi connectivity index (χ2n) is 6.87. The molecule has 0 radical (unpaired) electrons. The molecule has 1 N–H and O–H groups in total.